The lowest BCUT2D eigenvalue weighted by molar-refractivity contribution is 0.0693. The first-order valence-electron chi connectivity index (χ1n) is 6.41. The number of aromatic hydroxyl groups is 1. The van der Waals surface area contributed by atoms with Gasteiger partial charge in [0, 0.05) is 17.2 Å². The van der Waals surface area contributed by atoms with Crippen LogP contribution in [0.3, 0.4) is 0 Å². The zero-order valence-electron chi connectivity index (χ0n) is 11.0. The van der Waals surface area contributed by atoms with E-state index in [9.17, 15) is 9.90 Å². The highest BCUT2D eigenvalue weighted by Crippen LogP contribution is 2.41. The fourth-order valence-electron chi connectivity index (χ4n) is 2.75. The van der Waals surface area contributed by atoms with Gasteiger partial charge in [0.2, 0.25) is 0 Å². The van der Waals surface area contributed by atoms with Gasteiger partial charge in [-0.2, -0.15) is 0 Å². The lowest BCUT2D eigenvalue weighted by Gasteiger charge is -2.35. The summed E-state index contributed by atoms with van der Waals surface area (Å²) in [5.41, 5.74) is 6.39. The lowest BCUT2D eigenvalue weighted by atomic mass is 9.76. The molecule has 5 heteroatoms. The third kappa shape index (κ3) is 2.51. The maximum atomic E-state index is 11.1. The van der Waals surface area contributed by atoms with E-state index in [1.165, 1.54) is 19.2 Å². The maximum absolute atomic E-state index is 11.1. The molecule has 19 heavy (non-hydrogen) atoms. The van der Waals surface area contributed by atoms with E-state index in [0.717, 1.165) is 32.1 Å². The van der Waals surface area contributed by atoms with Crippen molar-refractivity contribution < 1.29 is 19.7 Å². The Balaban J connectivity index is 2.53. The second-order valence-corrected chi connectivity index (χ2v) is 5.09. The Labute approximate surface area is 112 Å². The minimum Gasteiger partial charge on any atom is -0.507 e. The number of benzene rings is 1. The molecule has 0 aromatic heterocycles. The van der Waals surface area contributed by atoms with Crippen molar-refractivity contribution in [3.05, 3.63) is 23.3 Å². The van der Waals surface area contributed by atoms with Crippen molar-refractivity contribution in [1.29, 1.82) is 0 Å². The first kappa shape index (κ1) is 13.7. The molecule has 1 aromatic carbocycles. The van der Waals surface area contributed by atoms with E-state index in [-0.39, 0.29) is 11.3 Å². The van der Waals surface area contributed by atoms with Crippen LogP contribution in [0.15, 0.2) is 12.1 Å². The number of methoxy groups -OCH3 is 1. The third-order valence-corrected chi connectivity index (χ3v) is 3.83. The van der Waals surface area contributed by atoms with Crippen LogP contribution in [-0.4, -0.2) is 23.3 Å². The quantitative estimate of drug-likeness (QED) is 0.779. The molecule has 4 N–H and O–H groups in total. The molecular weight excluding hydrogens is 246 g/mol. The van der Waals surface area contributed by atoms with Gasteiger partial charge in [0.05, 0.1) is 7.11 Å². The normalized spacial score (nSPS) is 18.0. The molecule has 0 saturated heterocycles. The van der Waals surface area contributed by atoms with Gasteiger partial charge in [0.1, 0.15) is 17.1 Å². The third-order valence-electron chi connectivity index (χ3n) is 3.83. The number of rotatable bonds is 3. The van der Waals surface area contributed by atoms with Gasteiger partial charge in [-0.15, -0.1) is 0 Å². The topological polar surface area (TPSA) is 92.8 Å². The highest BCUT2D eigenvalue weighted by molar-refractivity contribution is 5.91. The summed E-state index contributed by atoms with van der Waals surface area (Å²) in [6, 6.07) is 2.78. The van der Waals surface area contributed by atoms with Crippen molar-refractivity contribution in [1.82, 2.24) is 0 Å². The molecule has 0 aliphatic heterocycles. The molecule has 0 amide bonds. The van der Waals surface area contributed by atoms with Crippen molar-refractivity contribution in [2.75, 3.05) is 7.11 Å². The van der Waals surface area contributed by atoms with Crippen LogP contribution in [-0.2, 0) is 5.54 Å². The molecule has 1 aliphatic carbocycles. The average Bonchev–Trinajstić information content (AvgIpc) is 2.38. The van der Waals surface area contributed by atoms with E-state index in [1.807, 2.05) is 0 Å². The minimum atomic E-state index is -1.17. The van der Waals surface area contributed by atoms with Crippen LogP contribution >= 0.6 is 0 Å². The first-order valence-corrected chi connectivity index (χ1v) is 6.41. The second kappa shape index (κ2) is 5.09. The summed E-state index contributed by atoms with van der Waals surface area (Å²) >= 11 is 0. The van der Waals surface area contributed by atoms with E-state index < -0.39 is 11.5 Å². The molecule has 1 saturated carbocycles. The van der Waals surface area contributed by atoms with E-state index in [2.05, 4.69) is 0 Å². The van der Waals surface area contributed by atoms with Crippen LogP contribution in [0.2, 0.25) is 0 Å². The Morgan fingerprint density at radius 2 is 1.95 bits per heavy atom. The SMILES string of the molecule is COc1cc(O)c(C(=O)O)cc1C1(N)CCCCC1. The number of nitrogens with two attached hydrogens (primary N) is 1. The number of carboxylic acid groups (broad SMARTS) is 1. The number of hydrogen-bond donors (Lipinski definition) is 3. The van der Waals surface area contributed by atoms with Gasteiger partial charge in [0.15, 0.2) is 0 Å². The number of aromatic carboxylic acids is 1. The standard InChI is InChI=1S/C14H19NO4/c1-19-12-8-11(16)9(13(17)18)7-10(12)14(15)5-3-2-4-6-14/h7-8,16H,2-6,15H2,1H3,(H,17,18). The molecule has 5 nitrogen and oxygen atoms in total. The second-order valence-electron chi connectivity index (χ2n) is 5.09. The van der Waals surface area contributed by atoms with Gasteiger partial charge in [-0.3, -0.25) is 0 Å². The molecule has 1 fully saturated rings. The maximum Gasteiger partial charge on any atom is 0.339 e. The van der Waals surface area contributed by atoms with Crippen molar-refractivity contribution in [3.63, 3.8) is 0 Å². The minimum absolute atomic E-state index is 0.133. The molecule has 104 valence electrons. The zero-order valence-corrected chi connectivity index (χ0v) is 11.0. The summed E-state index contributed by atoms with van der Waals surface area (Å²) in [4.78, 5) is 11.1. The highest BCUT2D eigenvalue weighted by atomic mass is 16.5. The Kier molecular flexibility index (Phi) is 3.66. The molecule has 2 rings (SSSR count). The van der Waals surface area contributed by atoms with Crippen LogP contribution in [0, 0.1) is 0 Å². The number of carboxylic acids is 1. The van der Waals surface area contributed by atoms with Gasteiger partial charge in [0.25, 0.3) is 0 Å². The molecule has 0 bridgehead atoms. The molecule has 1 aromatic rings. The number of carbonyl (C=O) groups is 1. The van der Waals surface area contributed by atoms with E-state index in [4.69, 9.17) is 15.6 Å². The van der Waals surface area contributed by atoms with Gasteiger partial charge < -0.3 is 20.7 Å². The molecule has 0 spiro atoms. The van der Waals surface area contributed by atoms with Gasteiger partial charge in [-0.05, 0) is 18.9 Å². The monoisotopic (exact) mass is 265 g/mol. The summed E-state index contributed by atoms with van der Waals surface area (Å²) in [7, 11) is 1.49. The Morgan fingerprint density at radius 1 is 1.32 bits per heavy atom. The number of hydrogen-bond acceptors (Lipinski definition) is 4. The average molecular weight is 265 g/mol. The van der Waals surface area contributed by atoms with Crippen molar-refractivity contribution in [2.24, 2.45) is 5.73 Å². The molecule has 0 radical (unpaired) electrons. The number of phenols is 1. The van der Waals surface area contributed by atoms with E-state index >= 15 is 0 Å². The molecule has 1 aliphatic rings. The van der Waals surface area contributed by atoms with Crippen molar-refractivity contribution in [3.8, 4) is 11.5 Å². The van der Waals surface area contributed by atoms with Gasteiger partial charge in [-0.1, -0.05) is 19.3 Å². The van der Waals surface area contributed by atoms with Crippen LogP contribution in [0.25, 0.3) is 0 Å². The summed E-state index contributed by atoms with van der Waals surface area (Å²) in [6.07, 6.45) is 4.78. The van der Waals surface area contributed by atoms with Gasteiger partial charge in [-0.25, -0.2) is 4.79 Å². The largest absolute Gasteiger partial charge is 0.507 e. The predicted molar refractivity (Wildman–Crippen MR) is 70.6 cm³/mol. The predicted octanol–water partition coefficient (Wildman–Crippen LogP) is 2.22. The fourth-order valence-corrected chi connectivity index (χ4v) is 2.75. The fraction of sp³-hybridized carbons (Fsp3) is 0.500. The van der Waals surface area contributed by atoms with Crippen LogP contribution < -0.4 is 10.5 Å². The number of ether oxygens (including phenoxy) is 1. The molecular formula is C14H19NO4. The summed E-state index contributed by atoms with van der Waals surface area (Å²) < 4.78 is 5.25. The first-order chi connectivity index (χ1) is 8.98. The van der Waals surface area contributed by atoms with Crippen molar-refractivity contribution in [2.45, 2.75) is 37.6 Å². The molecule has 0 atom stereocenters. The van der Waals surface area contributed by atoms with Crippen LogP contribution in [0.4, 0.5) is 0 Å². The summed E-state index contributed by atoms with van der Waals surface area (Å²) in [5.74, 6) is -1.01. The van der Waals surface area contributed by atoms with E-state index in [0.29, 0.717) is 11.3 Å². The lowest BCUT2D eigenvalue weighted by Crippen LogP contribution is -2.39. The molecule has 0 unspecified atom stereocenters. The molecule has 0 heterocycles. The van der Waals surface area contributed by atoms with Gasteiger partial charge >= 0.3 is 5.97 Å². The Hall–Kier alpha value is -1.75. The van der Waals surface area contributed by atoms with Crippen LogP contribution in [0.5, 0.6) is 11.5 Å². The summed E-state index contributed by atoms with van der Waals surface area (Å²) in [5, 5.41) is 18.8. The zero-order chi connectivity index (χ0) is 14.0. The highest BCUT2D eigenvalue weighted by Gasteiger charge is 2.33. The van der Waals surface area contributed by atoms with Crippen LogP contribution in [0.1, 0.15) is 48.0 Å². The van der Waals surface area contributed by atoms with E-state index in [1.54, 1.807) is 0 Å². The summed E-state index contributed by atoms with van der Waals surface area (Å²) in [6.45, 7) is 0. The van der Waals surface area contributed by atoms with Crippen molar-refractivity contribution >= 4 is 5.97 Å². The Bertz CT molecular complexity index is 492. The Morgan fingerprint density at radius 3 is 2.47 bits per heavy atom. The smallest absolute Gasteiger partial charge is 0.339 e.